The minimum Gasteiger partial charge on any atom is -0.366 e. The quantitative estimate of drug-likeness (QED) is 0.754. The number of anilines is 1. The molecule has 0 unspecified atom stereocenters. The normalized spacial score (nSPS) is 11.8. The maximum atomic E-state index is 4.45. The lowest BCUT2D eigenvalue weighted by molar-refractivity contribution is 0.589. The molecule has 0 saturated heterocycles. The van der Waals surface area contributed by atoms with Crippen molar-refractivity contribution >= 4 is 27.3 Å². The second-order valence-electron chi connectivity index (χ2n) is 6.38. The van der Waals surface area contributed by atoms with Gasteiger partial charge in [0.25, 0.3) is 0 Å². The smallest absolute Gasteiger partial charge is 0.128 e. The molecule has 1 N–H and O–H groups in total. The predicted octanol–water partition coefficient (Wildman–Crippen LogP) is 4.40. The Kier molecular flexibility index (Phi) is 3.91. The summed E-state index contributed by atoms with van der Waals surface area (Å²) in [4.78, 5) is 4.15. The van der Waals surface area contributed by atoms with Crippen LogP contribution in [-0.2, 0) is 12.0 Å². The highest BCUT2D eigenvalue weighted by Crippen LogP contribution is 2.30. The lowest BCUT2D eigenvalue weighted by Crippen LogP contribution is -2.14. The third-order valence-electron chi connectivity index (χ3n) is 3.63. The highest BCUT2D eigenvalue weighted by atomic mass is 79.9. The maximum absolute atomic E-state index is 4.45. The van der Waals surface area contributed by atoms with Gasteiger partial charge in [-0.05, 0) is 50.7 Å². The van der Waals surface area contributed by atoms with Crippen LogP contribution in [0.15, 0.2) is 47.3 Å². The topological polar surface area (TPSA) is 42.2 Å². The Morgan fingerprint density at radius 3 is 2.73 bits per heavy atom. The van der Waals surface area contributed by atoms with E-state index in [-0.39, 0.29) is 5.41 Å². The number of fused-ring (bicyclic) bond motifs is 1. The molecule has 22 heavy (non-hydrogen) atoms. The van der Waals surface area contributed by atoms with E-state index in [0.717, 1.165) is 21.4 Å². The van der Waals surface area contributed by atoms with Crippen LogP contribution in [0.5, 0.6) is 0 Å². The van der Waals surface area contributed by atoms with Crippen LogP contribution in [0.4, 0.5) is 5.82 Å². The highest BCUT2D eigenvalue weighted by molar-refractivity contribution is 9.10. The molecule has 0 saturated carbocycles. The largest absolute Gasteiger partial charge is 0.366 e. The summed E-state index contributed by atoms with van der Waals surface area (Å²) in [7, 11) is 0. The molecule has 114 valence electrons. The van der Waals surface area contributed by atoms with E-state index < -0.39 is 0 Å². The molecular weight excluding hydrogens is 340 g/mol. The van der Waals surface area contributed by atoms with Crippen molar-refractivity contribution in [3.8, 4) is 0 Å². The Balaban J connectivity index is 2.00. The Morgan fingerprint density at radius 2 is 2.05 bits per heavy atom. The molecule has 4 nitrogen and oxygen atoms in total. The standard InChI is InChI=1S/C17H19BrN4/c1-17(2,3)13-7-15-14(18)11-21-22(15)16(8-13)20-10-12-5-4-6-19-9-12/h4-9,11,20H,10H2,1-3H3. The minimum absolute atomic E-state index is 0.0796. The molecule has 0 atom stereocenters. The minimum atomic E-state index is 0.0796. The fourth-order valence-electron chi connectivity index (χ4n) is 2.31. The number of aromatic nitrogens is 3. The molecule has 5 heteroatoms. The van der Waals surface area contributed by atoms with Gasteiger partial charge in [-0.25, -0.2) is 4.52 Å². The van der Waals surface area contributed by atoms with Gasteiger partial charge in [0.15, 0.2) is 0 Å². The van der Waals surface area contributed by atoms with E-state index in [2.05, 4.69) is 70.3 Å². The number of halogens is 1. The first kappa shape index (κ1) is 15.0. The highest BCUT2D eigenvalue weighted by Gasteiger charge is 2.17. The number of nitrogens with one attached hydrogen (secondary N) is 1. The summed E-state index contributed by atoms with van der Waals surface area (Å²) in [6.45, 7) is 7.37. The molecule has 0 bridgehead atoms. The van der Waals surface area contributed by atoms with Crippen molar-refractivity contribution in [2.24, 2.45) is 0 Å². The second-order valence-corrected chi connectivity index (χ2v) is 7.24. The SMILES string of the molecule is CC(C)(C)c1cc(NCc2cccnc2)n2ncc(Br)c2c1. The first-order valence-corrected chi connectivity index (χ1v) is 8.05. The third-order valence-corrected chi connectivity index (χ3v) is 4.25. The van der Waals surface area contributed by atoms with Gasteiger partial charge in [0.05, 0.1) is 16.2 Å². The van der Waals surface area contributed by atoms with Gasteiger partial charge in [-0.15, -0.1) is 0 Å². The zero-order valence-electron chi connectivity index (χ0n) is 13.0. The van der Waals surface area contributed by atoms with E-state index in [4.69, 9.17) is 0 Å². The molecule has 3 heterocycles. The third kappa shape index (κ3) is 2.99. The van der Waals surface area contributed by atoms with Gasteiger partial charge in [-0.1, -0.05) is 26.8 Å². The first-order valence-electron chi connectivity index (χ1n) is 7.26. The van der Waals surface area contributed by atoms with Crippen molar-refractivity contribution in [1.29, 1.82) is 0 Å². The summed E-state index contributed by atoms with van der Waals surface area (Å²) >= 11 is 3.58. The zero-order valence-corrected chi connectivity index (χ0v) is 14.6. The molecule has 3 aromatic heterocycles. The van der Waals surface area contributed by atoms with E-state index in [1.165, 1.54) is 5.56 Å². The Labute approximate surface area is 138 Å². The molecule has 0 aliphatic heterocycles. The first-order chi connectivity index (χ1) is 10.4. The van der Waals surface area contributed by atoms with Gasteiger partial charge in [0.1, 0.15) is 5.82 Å². The van der Waals surface area contributed by atoms with Crippen molar-refractivity contribution in [2.45, 2.75) is 32.7 Å². The van der Waals surface area contributed by atoms with Crippen molar-refractivity contribution in [3.05, 3.63) is 58.5 Å². The fraction of sp³-hybridized carbons (Fsp3) is 0.294. The zero-order chi connectivity index (χ0) is 15.7. The lowest BCUT2D eigenvalue weighted by atomic mass is 9.87. The fourth-order valence-corrected chi connectivity index (χ4v) is 2.69. The number of hydrogen-bond donors (Lipinski definition) is 1. The lowest BCUT2D eigenvalue weighted by Gasteiger charge is -2.21. The predicted molar refractivity (Wildman–Crippen MR) is 93.2 cm³/mol. The Morgan fingerprint density at radius 1 is 1.23 bits per heavy atom. The van der Waals surface area contributed by atoms with E-state index in [1.54, 1.807) is 6.20 Å². The van der Waals surface area contributed by atoms with E-state index >= 15 is 0 Å². The summed E-state index contributed by atoms with van der Waals surface area (Å²) in [5.41, 5.74) is 3.56. The number of rotatable bonds is 3. The monoisotopic (exact) mass is 358 g/mol. The second kappa shape index (κ2) is 5.72. The molecular formula is C17H19BrN4. The van der Waals surface area contributed by atoms with Crippen LogP contribution >= 0.6 is 15.9 Å². The molecule has 0 fully saturated rings. The maximum Gasteiger partial charge on any atom is 0.128 e. The molecule has 0 aliphatic carbocycles. The summed E-state index contributed by atoms with van der Waals surface area (Å²) < 4.78 is 2.93. The van der Waals surface area contributed by atoms with Crippen LogP contribution in [0.1, 0.15) is 31.9 Å². The van der Waals surface area contributed by atoms with Crippen LogP contribution in [0, 0.1) is 0 Å². The van der Waals surface area contributed by atoms with Gasteiger partial charge >= 0.3 is 0 Å². The van der Waals surface area contributed by atoms with Crippen LogP contribution in [0.25, 0.3) is 5.52 Å². The molecule has 0 spiro atoms. The van der Waals surface area contributed by atoms with E-state index in [0.29, 0.717) is 6.54 Å². The number of nitrogens with zero attached hydrogens (tertiary/aromatic N) is 3. The average Bonchev–Trinajstić information content (AvgIpc) is 2.87. The Hall–Kier alpha value is -1.88. The summed E-state index contributed by atoms with van der Waals surface area (Å²) in [6.07, 6.45) is 5.49. The molecule has 3 rings (SSSR count). The van der Waals surface area contributed by atoms with Crippen LogP contribution < -0.4 is 5.32 Å². The van der Waals surface area contributed by atoms with Crippen molar-refractivity contribution in [3.63, 3.8) is 0 Å². The summed E-state index contributed by atoms with van der Waals surface area (Å²) in [6, 6.07) is 8.36. The van der Waals surface area contributed by atoms with Crippen LogP contribution in [-0.4, -0.2) is 14.6 Å². The van der Waals surface area contributed by atoms with Crippen LogP contribution in [0.3, 0.4) is 0 Å². The number of hydrogen-bond acceptors (Lipinski definition) is 3. The van der Waals surface area contributed by atoms with Crippen molar-refractivity contribution in [1.82, 2.24) is 14.6 Å². The summed E-state index contributed by atoms with van der Waals surface area (Å²) in [5, 5.41) is 7.91. The van der Waals surface area contributed by atoms with Gasteiger partial charge in [-0.2, -0.15) is 5.10 Å². The Bertz CT molecular complexity index is 788. The van der Waals surface area contributed by atoms with Gasteiger partial charge in [-0.3, -0.25) is 4.98 Å². The molecule has 0 aliphatic rings. The van der Waals surface area contributed by atoms with Crippen LogP contribution in [0.2, 0.25) is 0 Å². The average molecular weight is 359 g/mol. The molecule has 0 aromatic carbocycles. The van der Waals surface area contributed by atoms with Crippen molar-refractivity contribution < 1.29 is 0 Å². The molecule has 0 radical (unpaired) electrons. The molecule has 3 aromatic rings. The van der Waals surface area contributed by atoms with E-state index in [9.17, 15) is 0 Å². The van der Waals surface area contributed by atoms with Crippen molar-refractivity contribution in [2.75, 3.05) is 5.32 Å². The number of pyridine rings is 2. The van der Waals surface area contributed by atoms with E-state index in [1.807, 2.05) is 23.0 Å². The van der Waals surface area contributed by atoms with Gasteiger partial charge in [0, 0.05) is 18.9 Å². The molecule has 0 amide bonds. The van der Waals surface area contributed by atoms with Gasteiger partial charge < -0.3 is 5.32 Å². The van der Waals surface area contributed by atoms with Gasteiger partial charge in [0.2, 0.25) is 0 Å². The summed E-state index contributed by atoms with van der Waals surface area (Å²) in [5.74, 6) is 0.983.